The summed E-state index contributed by atoms with van der Waals surface area (Å²) in [4.78, 5) is 17.5. The number of hydrogen-bond acceptors (Lipinski definition) is 4. The third-order valence-corrected chi connectivity index (χ3v) is 6.28. The number of likely N-dealkylation sites (tertiary alicyclic amines) is 1. The van der Waals surface area contributed by atoms with Gasteiger partial charge in [-0.3, -0.25) is 9.69 Å². The van der Waals surface area contributed by atoms with Crippen molar-refractivity contribution in [2.24, 2.45) is 5.92 Å². The van der Waals surface area contributed by atoms with Gasteiger partial charge in [0.25, 0.3) is 0 Å². The number of piperidine rings is 1. The van der Waals surface area contributed by atoms with Gasteiger partial charge in [0.2, 0.25) is 5.91 Å². The lowest BCUT2D eigenvalue weighted by Crippen LogP contribution is -2.41. The fourth-order valence-electron chi connectivity index (χ4n) is 4.80. The Morgan fingerprint density at radius 1 is 1.00 bits per heavy atom. The molecule has 25 heavy (non-hydrogen) atoms. The summed E-state index contributed by atoms with van der Waals surface area (Å²) in [5.41, 5.74) is 0. The van der Waals surface area contributed by atoms with Crippen LogP contribution in [0.4, 0.5) is 0 Å². The van der Waals surface area contributed by atoms with E-state index in [1.54, 1.807) is 0 Å². The second-order valence-corrected chi connectivity index (χ2v) is 8.17. The van der Waals surface area contributed by atoms with E-state index in [-0.39, 0.29) is 6.04 Å². The third kappa shape index (κ3) is 3.59. The van der Waals surface area contributed by atoms with Gasteiger partial charge in [-0.2, -0.15) is 0 Å². The van der Waals surface area contributed by atoms with Crippen molar-refractivity contribution in [3.05, 3.63) is 11.6 Å². The zero-order valence-electron chi connectivity index (χ0n) is 15.5. The first-order valence-corrected chi connectivity index (χ1v) is 10.1. The number of amides is 1. The average Bonchev–Trinajstić information content (AvgIpc) is 3.05. The molecule has 6 heteroatoms. The summed E-state index contributed by atoms with van der Waals surface area (Å²) in [6, 6.07) is 0.134. The van der Waals surface area contributed by atoms with E-state index >= 15 is 0 Å². The topological polar surface area (TPSA) is 54.3 Å². The van der Waals surface area contributed by atoms with Crippen LogP contribution in [0.1, 0.15) is 75.5 Å². The molecule has 0 N–H and O–H groups in total. The van der Waals surface area contributed by atoms with Crippen LogP contribution < -0.4 is 0 Å². The molecule has 1 aliphatic carbocycles. The monoisotopic (exact) mass is 345 g/mol. The SMILES string of the molecule is CN1CCn2c(nnc2[C@@H]2CCCCN2C(=O)CC2CCCCC2)C1. The molecule has 1 aromatic heterocycles. The summed E-state index contributed by atoms with van der Waals surface area (Å²) < 4.78 is 2.27. The molecule has 3 heterocycles. The molecule has 0 spiro atoms. The molecule has 0 aromatic carbocycles. The Labute approximate surface area is 150 Å². The molecule has 0 radical (unpaired) electrons. The highest BCUT2D eigenvalue weighted by Crippen LogP contribution is 2.34. The van der Waals surface area contributed by atoms with Gasteiger partial charge in [0.05, 0.1) is 12.6 Å². The Morgan fingerprint density at radius 3 is 2.64 bits per heavy atom. The first-order chi connectivity index (χ1) is 12.2. The lowest BCUT2D eigenvalue weighted by Gasteiger charge is -2.37. The Hall–Kier alpha value is -1.43. The van der Waals surface area contributed by atoms with Gasteiger partial charge in [0.1, 0.15) is 5.82 Å². The number of hydrogen-bond donors (Lipinski definition) is 0. The maximum absolute atomic E-state index is 13.1. The first-order valence-electron chi connectivity index (χ1n) is 10.1. The molecule has 2 fully saturated rings. The molecule has 1 saturated carbocycles. The number of carbonyl (C=O) groups is 1. The van der Waals surface area contributed by atoms with Crippen molar-refractivity contribution >= 4 is 5.91 Å². The predicted octanol–water partition coefficient (Wildman–Crippen LogP) is 2.75. The van der Waals surface area contributed by atoms with Crippen molar-refractivity contribution in [3.63, 3.8) is 0 Å². The van der Waals surface area contributed by atoms with Gasteiger partial charge in [0.15, 0.2) is 5.82 Å². The Bertz CT molecular complexity index is 607. The number of aromatic nitrogens is 3. The van der Waals surface area contributed by atoms with Gasteiger partial charge in [0, 0.05) is 26.1 Å². The molecular weight excluding hydrogens is 314 g/mol. The zero-order chi connectivity index (χ0) is 17.2. The number of rotatable bonds is 3. The summed E-state index contributed by atoms with van der Waals surface area (Å²) in [7, 11) is 2.12. The number of fused-ring (bicyclic) bond motifs is 1. The molecule has 4 rings (SSSR count). The van der Waals surface area contributed by atoms with Crippen LogP contribution in [0.15, 0.2) is 0 Å². The quantitative estimate of drug-likeness (QED) is 0.845. The second-order valence-electron chi connectivity index (χ2n) is 8.17. The summed E-state index contributed by atoms with van der Waals surface area (Å²) >= 11 is 0. The van der Waals surface area contributed by atoms with E-state index < -0.39 is 0 Å². The van der Waals surface area contributed by atoms with E-state index in [0.717, 1.165) is 57.1 Å². The fraction of sp³-hybridized carbons (Fsp3) is 0.842. The summed E-state index contributed by atoms with van der Waals surface area (Å²) in [6.45, 7) is 3.71. The van der Waals surface area contributed by atoms with Gasteiger partial charge in [-0.15, -0.1) is 10.2 Å². The van der Waals surface area contributed by atoms with Crippen LogP contribution in [0, 0.1) is 5.92 Å². The Morgan fingerprint density at radius 2 is 1.80 bits per heavy atom. The van der Waals surface area contributed by atoms with Crippen molar-refractivity contribution in [1.82, 2.24) is 24.6 Å². The normalized spacial score (nSPS) is 25.8. The van der Waals surface area contributed by atoms with E-state index in [1.807, 2.05) is 0 Å². The molecule has 1 saturated heterocycles. The van der Waals surface area contributed by atoms with E-state index in [4.69, 9.17) is 0 Å². The van der Waals surface area contributed by atoms with Crippen molar-refractivity contribution in [2.75, 3.05) is 20.1 Å². The van der Waals surface area contributed by atoms with E-state index in [1.165, 1.54) is 38.5 Å². The van der Waals surface area contributed by atoms with Crippen LogP contribution in [-0.4, -0.2) is 50.6 Å². The molecule has 0 unspecified atom stereocenters. The molecule has 1 atom stereocenters. The molecule has 6 nitrogen and oxygen atoms in total. The van der Waals surface area contributed by atoms with E-state index in [2.05, 4.69) is 31.6 Å². The van der Waals surface area contributed by atoms with E-state index in [9.17, 15) is 4.79 Å². The largest absolute Gasteiger partial charge is 0.332 e. The summed E-state index contributed by atoms with van der Waals surface area (Å²) in [5.74, 6) is 3.03. The Kier molecular flexibility index (Phi) is 5.06. The highest BCUT2D eigenvalue weighted by Gasteiger charge is 2.34. The average molecular weight is 345 g/mol. The lowest BCUT2D eigenvalue weighted by atomic mass is 9.86. The molecular formula is C19H31N5O. The zero-order valence-corrected chi connectivity index (χ0v) is 15.5. The van der Waals surface area contributed by atoms with Crippen LogP contribution in [0.2, 0.25) is 0 Å². The number of nitrogens with zero attached hydrogens (tertiary/aromatic N) is 5. The van der Waals surface area contributed by atoms with Crippen LogP contribution >= 0.6 is 0 Å². The van der Waals surface area contributed by atoms with Crippen molar-refractivity contribution in [2.45, 2.75) is 76.9 Å². The minimum absolute atomic E-state index is 0.134. The van der Waals surface area contributed by atoms with Gasteiger partial charge in [-0.25, -0.2) is 0 Å². The lowest BCUT2D eigenvalue weighted by molar-refractivity contribution is -0.136. The predicted molar refractivity (Wildman–Crippen MR) is 95.9 cm³/mol. The van der Waals surface area contributed by atoms with Gasteiger partial charge in [-0.05, 0) is 45.1 Å². The maximum atomic E-state index is 13.1. The smallest absolute Gasteiger partial charge is 0.223 e. The van der Waals surface area contributed by atoms with E-state index in [0.29, 0.717) is 11.8 Å². The highest BCUT2D eigenvalue weighted by atomic mass is 16.2. The van der Waals surface area contributed by atoms with Crippen LogP contribution in [-0.2, 0) is 17.9 Å². The van der Waals surface area contributed by atoms with Gasteiger partial charge in [-0.1, -0.05) is 19.3 Å². The third-order valence-electron chi connectivity index (χ3n) is 6.28. The van der Waals surface area contributed by atoms with Gasteiger partial charge >= 0.3 is 0 Å². The minimum atomic E-state index is 0.134. The second kappa shape index (κ2) is 7.44. The van der Waals surface area contributed by atoms with Crippen molar-refractivity contribution < 1.29 is 4.79 Å². The summed E-state index contributed by atoms with van der Waals surface area (Å²) in [6.07, 6.45) is 10.5. The maximum Gasteiger partial charge on any atom is 0.223 e. The Balaban J connectivity index is 1.50. The summed E-state index contributed by atoms with van der Waals surface area (Å²) in [5, 5.41) is 8.95. The fourth-order valence-corrected chi connectivity index (χ4v) is 4.80. The van der Waals surface area contributed by atoms with Gasteiger partial charge < -0.3 is 9.47 Å². The van der Waals surface area contributed by atoms with Crippen molar-refractivity contribution in [3.8, 4) is 0 Å². The molecule has 0 bridgehead atoms. The van der Waals surface area contributed by atoms with Crippen LogP contribution in [0.5, 0.6) is 0 Å². The molecule has 2 aliphatic heterocycles. The molecule has 138 valence electrons. The molecule has 1 amide bonds. The highest BCUT2D eigenvalue weighted by molar-refractivity contribution is 5.77. The van der Waals surface area contributed by atoms with Crippen LogP contribution in [0.3, 0.4) is 0 Å². The minimum Gasteiger partial charge on any atom is -0.332 e. The first kappa shape index (κ1) is 17.0. The number of likely N-dealkylation sites (N-methyl/N-ethyl adjacent to an activating group) is 1. The van der Waals surface area contributed by atoms with Crippen molar-refractivity contribution in [1.29, 1.82) is 0 Å². The number of carbonyl (C=O) groups excluding carboxylic acids is 1. The van der Waals surface area contributed by atoms with Crippen LogP contribution in [0.25, 0.3) is 0 Å². The molecule has 3 aliphatic rings. The molecule has 1 aromatic rings. The standard InChI is InChI=1S/C19H31N5O/c1-22-11-12-24-17(14-22)20-21-19(24)16-9-5-6-10-23(16)18(25)13-15-7-3-2-4-8-15/h15-16H,2-14H2,1H3/t16-/m0/s1.